The Balaban J connectivity index is 3.71. The topological polar surface area (TPSA) is 20.2 Å². The highest BCUT2D eigenvalue weighted by Gasteiger charge is 2.16. The molecule has 0 bridgehead atoms. The molecule has 0 heterocycles. The molecule has 1 nitrogen and oxygen atoms in total. The standard InChI is InChI=1S/C4H7BF3O/c1-4(9)2-3-5(6,7)8/h2-4,9H,1H3/q-1/b3-2+/t4-/m0/s1. The van der Waals surface area contributed by atoms with Crippen LogP contribution in [0.25, 0.3) is 0 Å². The van der Waals surface area contributed by atoms with E-state index in [2.05, 4.69) is 0 Å². The SMILES string of the molecule is C[C@H](O)/C=C/[B-](F)(F)F. The summed E-state index contributed by atoms with van der Waals surface area (Å²) in [6.07, 6.45) is -0.312. The third-order valence-electron chi connectivity index (χ3n) is 0.608. The minimum absolute atomic E-state index is 0.0741. The molecule has 1 N–H and O–H groups in total. The third kappa shape index (κ3) is 7.55. The fraction of sp³-hybridized carbons (Fsp3) is 0.500. The minimum atomic E-state index is -4.87. The highest BCUT2D eigenvalue weighted by Crippen LogP contribution is 2.09. The van der Waals surface area contributed by atoms with Crippen molar-refractivity contribution in [2.45, 2.75) is 13.0 Å². The van der Waals surface area contributed by atoms with Crippen molar-refractivity contribution in [1.82, 2.24) is 0 Å². The summed E-state index contributed by atoms with van der Waals surface area (Å²) in [5.41, 5.74) is 0. The summed E-state index contributed by atoms with van der Waals surface area (Å²) in [7, 11) is 0. The Morgan fingerprint density at radius 3 is 2.00 bits per heavy atom. The van der Waals surface area contributed by atoms with Crippen LogP contribution in [0.3, 0.4) is 0 Å². The van der Waals surface area contributed by atoms with Crippen LogP contribution in [-0.4, -0.2) is 18.2 Å². The van der Waals surface area contributed by atoms with Gasteiger partial charge < -0.3 is 18.1 Å². The first-order valence-electron chi connectivity index (χ1n) is 2.49. The van der Waals surface area contributed by atoms with Crippen LogP contribution in [0.15, 0.2) is 12.1 Å². The van der Waals surface area contributed by atoms with Gasteiger partial charge in [0.1, 0.15) is 0 Å². The lowest BCUT2D eigenvalue weighted by molar-refractivity contribution is 0.244. The van der Waals surface area contributed by atoms with Crippen molar-refractivity contribution in [3.05, 3.63) is 12.1 Å². The highest BCUT2D eigenvalue weighted by molar-refractivity contribution is 6.64. The zero-order valence-corrected chi connectivity index (χ0v) is 4.89. The average molecular weight is 139 g/mol. The van der Waals surface area contributed by atoms with Crippen molar-refractivity contribution in [3.8, 4) is 0 Å². The van der Waals surface area contributed by atoms with E-state index in [1.807, 2.05) is 0 Å². The number of aliphatic hydroxyl groups is 1. The van der Waals surface area contributed by atoms with E-state index in [1.165, 1.54) is 6.92 Å². The van der Waals surface area contributed by atoms with E-state index in [0.29, 0.717) is 6.08 Å². The third-order valence-corrected chi connectivity index (χ3v) is 0.608. The van der Waals surface area contributed by atoms with Crippen LogP contribution < -0.4 is 0 Å². The fourth-order valence-electron chi connectivity index (χ4n) is 0.287. The quantitative estimate of drug-likeness (QED) is 0.571. The van der Waals surface area contributed by atoms with E-state index in [0.717, 1.165) is 0 Å². The molecule has 5 heteroatoms. The van der Waals surface area contributed by atoms with Gasteiger partial charge in [0.25, 0.3) is 0 Å². The van der Waals surface area contributed by atoms with Gasteiger partial charge in [0.05, 0.1) is 6.10 Å². The summed E-state index contributed by atoms with van der Waals surface area (Å²) in [5.74, 6) is 0.0741. The molecular formula is C4H7BF3O-. The Bertz CT molecular complexity index is 107. The predicted octanol–water partition coefficient (Wildman–Crippen LogP) is 1.31. The molecule has 0 aliphatic rings. The van der Waals surface area contributed by atoms with Gasteiger partial charge in [-0.2, -0.15) is 0 Å². The van der Waals surface area contributed by atoms with E-state index in [1.54, 1.807) is 0 Å². The molecule has 54 valence electrons. The van der Waals surface area contributed by atoms with Gasteiger partial charge >= 0.3 is 6.98 Å². The minimum Gasteiger partial charge on any atom is -0.445 e. The van der Waals surface area contributed by atoms with Gasteiger partial charge in [-0.3, -0.25) is 0 Å². The van der Waals surface area contributed by atoms with E-state index < -0.39 is 13.1 Å². The smallest absolute Gasteiger partial charge is 0.445 e. The van der Waals surface area contributed by atoms with Crippen molar-refractivity contribution in [1.29, 1.82) is 0 Å². The van der Waals surface area contributed by atoms with Gasteiger partial charge in [-0.1, -0.05) is 6.08 Å². The monoisotopic (exact) mass is 139 g/mol. The maximum absolute atomic E-state index is 11.3. The molecular weight excluding hydrogens is 132 g/mol. The van der Waals surface area contributed by atoms with E-state index in [9.17, 15) is 12.9 Å². The molecule has 0 fully saturated rings. The first-order chi connectivity index (χ1) is 3.92. The highest BCUT2D eigenvalue weighted by atomic mass is 19.4. The van der Waals surface area contributed by atoms with Crippen LogP contribution in [0.4, 0.5) is 12.9 Å². The molecule has 0 aliphatic carbocycles. The number of rotatable bonds is 2. The van der Waals surface area contributed by atoms with Crippen molar-refractivity contribution in [3.63, 3.8) is 0 Å². The molecule has 0 rings (SSSR count). The van der Waals surface area contributed by atoms with E-state index in [4.69, 9.17) is 5.11 Å². The summed E-state index contributed by atoms with van der Waals surface area (Å²) in [4.78, 5) is 0. The van der Waals surface area contributed by atoms with Crippen LogP contribution in [0.1, 0.15) is 6.92 Å². The largest absolute Gasteiger partial charge is 0.502 e. The Labute approximate surface area is 51.2 Å². The lowest BCUT2D eigenvalue weighted by Gasteiger charge is -2.06. The maximum Gasteiger partial charge on any atom is 0.502 e. The second-order valence-electron chi connectivity index (χ2n) is 1.75. The van der Waals surface area contributed by atoms with Gasteiger partial charge in [0.15, 0.2) is 0 Å². The zero-order valence-electron chi connectivity index (χ0n) is 4.89. The predicted molar refractivity (Wildman–Crippen MR) is 29.9 cm³/mol. The van der Waals surface area contributed by atoms with Crippen LogP contribution >= 0.6 is 0 Å². The molecule has 0 aromatic carbocycles. The Morgan fingerprint density at radius 1 is 1.44 bits per heavy atom. The number of aliphatic hydroxyl groups excluding tert-OH is 1. The molecule has 0 saturated carbocycles. The summed E-state index contributed by atoms with van der Waals surface area (Å²) in [6.45, 7) is -3.61. The van der Waals surface area contributed by atoms with Gasteiger partial charge in [-0.25, -0.2) is 0 Å². The number of hydrogen-bond donors (Lipinski definition) is 1. The molecule has 0 aromatic heterocycles. The number of halogens is 3. The van der Waals surface area contributed by atoms with E-state index in [-0.39, 0.29) is 5.98 Å². The van der Waals surface area contributed by atoms with Crippen LogP contribution in [0.5, 0.6) is 0 Å². The molecule has 9 heavy (non-hydrogen) atoms. The molecule has 0 spiro atoms. The summed E-state index contributed by atoms with van der Waals surface area (Å²) in [5, 5.41) is 8.34. The Kier molecular flexibility index (Phi) is 2.77. The zero-order chi connectivity index (χ0) is 7.49. The van der Waals surface area contributed by atoms with Crippen LogP contribution in [-0.2, 0) is 0 Å². The number of hydrogen-bond acceptors (Lipinski definition) is 1. The van der Waals surface area contributed by atoms with Gasteiger partial charge in [0.2, 0.25) is 0 Å². The second kappa shape index (κ2) is 2.91. The maximum atomic E-state index is 11.3. The van der Waals surface area contributed by atoms with Crippen molar-refractivity contribution < 1.29 is 18.1 Å². The van der Waals surface area contributed by atoms with Crippen molar-refractivity contribution >= 4 is 6.98 Å². The van der Waals surface area contributed by atoms with Gasteiger partial charge in [-0.05, 0) is 6.92 Å². The van der Waals surface area contributed by atoms with Crippen LogP contribution in [0, 0.1) is 0 Å². The Morgan fingerprint density at radius 2 is 1.89 bits per heavy atom. The molecule has 0 amide bonds. The first-order valence-corrected chi connectivity index (χ1v) is 2.49. The second-order valence-corrected chi connectivity index (χ2v) is 1.75. The van der Waals surface area contributed by atoms with Gasteiger partial charge in [-0.15, -0.1) is 5.98 Å². The molecule has 0 aromatic rings. The molecule has 0 aliphatic heterocycles. The fourth-order valence-corrected chi connectivity index (χ4v) is 0.287. The lowest BCUT2D eigenvalue weighted by Crippen LogP contribution is -2.11. The van der Waals surface area contributed by atoms with Crippen molar-refractivity contribution in [2.24, 2.45) is 0 Å². The molecule has 0 unspecified atom stereocenters. The molecule has 0 saturated heterocycles. The van der Waals surface area contributed by atoms with Crippen molar-refractivity contribution in [2.75, 3.05) is 0 Å². The lowest BCUT2D eigenvalue weighted by atomic mass is 9.91. The summed E-state index contributed by atoms with van der Waals surface area (Å²) >= 11 is 0. The van der Waals surface area contributed by atoms with Gasteiger partial charge in [0, 0.05) is 0 Å². The average Bonchev–Trinajstić information content (AvgIpc) is 1.59. The van der Waals surface area contributed by atoms with Crippen LogP contribution in [0.2, 0.25) is 0 Å². The summed E-state index contributed by atoms with van der Waals surface area (Å²) in [6, 6.07) is 0. The summed E-state index contributed by atoms with van der Waals surface area (Å²) < 4.78 is 33.8. The normalized spacial score (nSPS) is 16.6. The molecule has 1 atom stereocenters. The molecule has 0 radical (unpaired) electrons. The van der Waals surface area contributed by atoms with E-state index >= 15 is 0 Å². The first kappa shape index (κ1) is 8.55. The Hall–Kier alpha value is -0.445.